The van der Waals surface area contributed by atoms with E-state index in [1.54, 1.807) is 5.56 Å². The lowest BCUT2D eigenvalue weighted by Crippen LogP contribution is -2.42. The summed E-state index contributed by atoms with van der Waals surface area (Å²) in [6, 6.07) is 9.64. The quantitative estimate of drug-likeness (QED) is 0.836. The minimum atomic E-state index is 0.721. The van der Waals surface area contributed by atoms with Gasteiger partial charge in [0.15, 0.2) is 0 Å². The van der Waals surface area contributed by atoms with Gasteiger partial charge in [-0.15, -0.1) is 0 Å². The predicted octanol–water partition coefficient (Wildman–Crippen LogP) is 2.04. The summed E-state index contributed by atoms with van der Waals surface area (Å²) in [4.78, 5) is 2.67. The maximum absolute atomic E-state index is 3.48. The number of fused-ring (bicyclic) bond motifs is 1. The molecule has 92 valence electrons. The normalized spacial score (nSPS) is 26.8. The molecule has 2 heterocycles. The van der Waals surface area contributed by atoms with Crippen LogP contribution in [0, 0.1) is 5.92 Å². The van der Waals surface area contributed by atoms with E-state index in [1.165, 1.54) is 38.0 Å². The summed E-state index contributed by atoms with van der Waals surface area (Å²) < 4.78 is 0. The van der Waals surface area contributed by atoms with Crippen LogP contribution < -0.4 is 5.32 Å². The topological polar surface area (TPSA) is 15.3 Å². The molecule has 0 aliphatic carbocycles. The average molecular weight is 230 g/mol. The Morgan fingerprint density at radius 2 is 2.12 bits per heavy atom. The van der Waals surface area contributed by atoms with E-state index in [4.69, 9.17) is 0 Å². The molecule has 2 atom stereocenters. The first-order chi connectivity index (χ1) is 8.34. The third-order valence-corrected chi connectivity index (χ3v) is 4.52. The summed E-state index contributed by atoms with van der Waals surface area (Å²) in [6.07, 6.45) is 2.57. The molecular formula is C15H22N2. The molecule has 2 aliphatic heterocycles. The highest BCUT2D eigenvalue weighted by Gasteiger charge is 2.28. The van der Waals surface area contributed by atoms with Crippen molar-refractivity contribution in [3.05, 3.63) is 35.4 Å². The number of hydrogen-bond acceptors (Lipinski definition) is 2. The van der Waals surface area contributed by atoms with Crippen molar-refractivity contribution < 1.29 is 0 Å². The molecule has 0 spiro atoms. The van der Waals surface area contributed by atoms with Gasteiger partial charge in [-0.25, -0.2) is 0 Å². The summed E-state index contributed by atoms with van der Waals surface area (Å²) in [6.45, 7) is 7.20. The van der Waals surface area contributed by atoms with Crippen molar-refractivity contribution in [3.8, 4) is 0 Å². The Morgan fingerprint density at radius 3 is 2.88 bits per heavy atom. The first-order valence-electron chi connectivity index (χ1n) is 6.86. The van der Waals surface area contributed by atoms with Crippen molar-refractivity contribution in [2.75, 3.05) is 19.6 Å². The van der Waals surface area contributed by atoms with Crippen molar-refractivity contribution >= 4 is 0 Å². The van der Waals surface area contributed by atoms with Crippen LogP contribution in [0.1, 0.15) is 24.5 Å². The molecule has 2 unspecified atom stereocenters. The van der Waals surface area contributed by atoms with Crippen LogP contribution in [-0.2, 0) is 13.0 Å². The third kappa shape index (κ3) is 2.24. The second-order valence-electron chi connectivity index (χ2n) is 5.48. The van der Waals surface area contributed by atoms with Gasteiger partial charge in [-0.2, -0.15) is 0 Å². The smallest absolute Gasteiger partial charge is 0.0239 e. The summed E-state index contributed by atoms with van der Waals surface area (Å²) in [5.41, 5.74) is 3.09. The van der Waals surface area contributed by atoms with Crippen molar-refractivity contribution in [1.29, 1.82) is 0 Å². The van der Waals surface area contributed by atoms with Gasteiger partial charge in [-0.3, -0.25) is 4.90 Å². The first kappa shape index (κ1) is 11.2. The monoisotopic (exact) mass is 230 g/mol. The SMILES string of the molecule is CC(C1CCNC1)N1CCc2ccccc2C1. The molecule has 17 heavy (non-hydrogen) atoms. The lowest BCUT2D eigenvalue weighted by Gasteiger charge is -2.36. The highest BCUT2D eigenvalue weighted by atomic mass is 15.2. The molecule has 1 fully saturated rings. The van der Waals surface area contributed by atoms with Crippen LogP contribution in [0.3, 0.4) is 0 Å². The van der Waals surface area contributed by atoms with Crippen LogP contribution in [0.4, 0.5) is 0 Å². The summed E-state index contributed by atoms with van der Waals surface area (Å²) in [5, 5.41) is 3.48. The van der Waals surface area contributed by atoms with Crippen molar-refractivity contribution in [1.82, 2.24) is 10.2 Å². The summed E-state index contributed by atoms with van der Waals surface area (Å²) in [7, 11) is 0. The average Bonchev–Trinajstić information content (AvgIpc) is 2.91. The van der Waals surface area contributed by atoms with Gasteiger partial charge in [0.05, 0.1) is 0 Å². The van der Waals surface area contributed by atoms with E-state index in [0.717, 1.165) is 18.5 Å². The lowest BCUT2D eigenvalue weighted by molar-refractivity contribution is 0.146. The third-order valence-electron chi connectivity index (χ3n) is 4.52. The van der Waals surface area contributed by atoms with Crippen LogP contribution in [0.25, 0.3) is 0 Å². The second kappa shape index (κ2) is 4.79. The number of nitrogens with one attached hydrogen (secondary N) is 1. The van der Waals surface area contributed by atoms with Gasteiger partial charge >= 0.3 is 0 Å². The van der Waals surface area contributed by atoms with Gasteiger partial charge in [0, 0.05) is 19.1 Å². The van der Waals surface area contributed by atoms with E-state index in [2.05, 4.69) is 41.4 Å². The summed E-state index contributed by atoms with van der Waals surface area (Å²) >= 11 is 0. The van der Waals surface area contributed by atoms with Crippen LogP contribution in [0.15, 0.2) is 24.3 Å². The van der Waals surface area contributed by atoms with Gasteiger partial charge in [-0.1, -0.05) is 24.3 Å². The zero-order valence-corrected chi connectivity index (χ0v) is 10.7. The predicted molar refractivity (Wildman–Crippen MR) is 71.0 cm³/mol. The van der Waals surface area contributed by atoms with Crippen molar-refractivity contribution in [2.45, 2.75) is 32.4 Å². The maximum Gasteiger partial charge on any atom is 0.0239 e. The number of benzene rings is 1. The van der Waals surface area contributed by atoms with Crippen LogP contribution >= 0.6 is 0 Å². The van der Waals surface area contributed by atoms with E-state index in [-0.39, 0.29) is 0 Å². The molecule has 1 aromatic rings. The van der Waals surface area contributed by atoms with Gasteiger partial charge < -0.3 is 5.32 Å². The van der Waals surface area contributed by atoms with E-state index < -0.39 is 0 Å². The highest BCUT2D eigenvalue weighted by molar-refractivity contribution is 5.29. The number of hydrogen-bond donors (Lipinski definition) is 1. The van der Waals surface area contributed by atoms with Gasteiger partial charge in [-0.05, 0) is 49.9 Å². The van der Waals surface area contributed by atoms with Crippen LogP contribution in [0.5, 0.6) is 0 Å². The van der Waals surface area contributed by atoms with Crippen molar-refractivity contribution in [3.63, 3.8) is 0 Å². The highest BCUT2D eigenvalue weighted by Crippen LogP contribution is 2.25. The fourth-order valence-corrected chi connectivity index (χ4v) is 3.25. The largest absolute Gasteiger partial charge is 0.316 e. The fourth-order valence-electron chi connectivity index (χ4n) is 3.25. The minimum absolute atomic E-state index is 0.721. The Hall–Kier alpha value is -0.860. The molecule has 1 saturated heterocycles. The molecule has 3 rings (SSSR count). The molecule has 2 aliphatic rings. The Labute approximate surface area is 104 Å². The fraction of sp³-hybridized carbons (Fsp3) is 0.600. The molecule has 2 nitrogen and oxygen atoms in total. The Balaban J connectivity index is 1.70. The van der Waals surface area contributed by atoms with Gasteiger partial charge in [0.2, 0.25) is 0 Å². The molecule has 0 aromatic heterocycles. The van der Waals surface area contributed by atoms with Crippen LogP contribution in [-0.4, -0.2) is 30.6 Å². The van der Waals surface area contributed by atoms with E-state index in [0.29, 0.717) is 0 Å². The zero-order valence-electron chi connectivity index (χ0n) is 10.7. The van der Waals surface area contributed by atoms with Gasteiger partial charge in [0.1, 0.15) is 0 Å². The lowest BCUT2D eigenvalue weighted by atomic mass is 9.94. The van der Waals surface area contributed by atoms with Crippen molar-refractivity contribution in [2.24, 2.45) is 5.92 Å². The molecule has 1 aromatic carbocycles. The molecule has 0 saturated carbocycles. The minimum Gasteiger partial charge on any atom is -0.316 e. The zero-order chi connectivity index (χ0) is 11.7. The summed E-state index contributed by atoms with van der Waals surface area (Å²) in [5.74, 6) is 0.847. The maximum atomic E-state index is 3.48. The first-order valence-corrected chi connectivity index (χ1v) is 6.86. The standard InChI is InChI=1S/C15H22N2/c1-12(14-6-8-16-10-14)17-9-7-13-4-2-3-5-15(13)11-17/h2-5,12,14,16H,6-11H2,1H3. The molecule has 0 radical (unpaired) electrons. The molecule has 0 bridgehead atoms. The Kier molecular flexibility index (Phi) is 3.17. The Bertz CT molecular complexity index is 382. The molecular weight excluding hydrogens is 208 g/mol. The molecule has 1 N–H and O–H groups in total. The van der Waals surface area contributed by atoms with E-state index >= 15 is 0 Å². The Morgan fingerprint density at radius 1 is 1.29 bits per heavy atom. The van der Waals surface area contributed by atoms with E-state index in [9.17, 15) is 0 Å². The molecule has 0 amide bonds. The van der Waals surface area contributed by atoms with Crippen LogP contribution in [0.2, 0.25) is 0 Å². The van der Waals surface area contributed by atoms with E-state index in [1.807, 2.05) is 0 Å². The second-order valence-corrected chi connectivity index (χ2v) is 5.48. The molecule has 2 heteroatoms. The number of rotatable bonds is 2. The van der Waals surface area contributed by atoms with Gasteiger partial charge in [0.25, 0.3) is 0 Å². The number of nitrogens with zero attached hydrogens (tertiary/aromatic N) is 1.